The number of hydrogen-bond donors (Lipinski definition) is 1. The molecule has 0 bridgehead atoms. The summed E-state index contributed by atoms with van der Waals surface area (Å²) in [5.74, 6) is 0.598. The second-order valence-electron chi connectivity index (χ2n) is 4.78. The average molecular weight is 298 g/mol. The van der Waals surface area contributed by atoms with E-state index in [2.05, 4.69) is 20.3 Å². The number of rotatable bonds is 2. The van der Waals surface area contributed by atoms with E-state index in [-0.39, 0.29) is 5.91 Å². The summed E-state index contributed by atoms with van der Waals surface area (Å²) in [4.78, 5) is 26.7. The fourth-order valence-corrected chi connectivity index (χ4v) is 3.49. The van der Waals surface area contributed by atoms with Crippen LogP contribution in [0.5, 0.6) is 0 Å². The van der Waals surface area contributed by atoms with E-state index in [0.29, 0.717) is 4.88 Å². The number of pyridine rings is 1. The van der Waals surface area contributed by atoms with Gasteiger partial charge in [-0.25, -0.2) is 9.97 Å². The molecule has 1 amide bonds. The SMILES string of the molecule is Cc1nc(C)c2c(C)c(C(=O)Nc3ccncc3)sc2n1. The number of carbonyl (C=O) groups is 1. The van der Waals surface area contributed by atoms with Crippen molar-refractivity contribution in [3.63, 3.8) is 0 Å². The van der Waals surface area contributed by atoms with Crippen LogP contribution in [0, 0.1) is 20.8 Å². The van der Waals surface area contributed by atoms with Crippen LogP contribution in [-0.4, -0.2) is 20.9 Å². The van der Waals surface area contributed by atoms with E-state index < -0.39 is 0 Å². The molecule has 5 nitrogen and oxygen atoms in total. The Morgan fingerprint density at radius 1 is 1.14 bits per heavy atom. The highest BCUT2D eigenvalue weighted by Gasteiger charge is 2.18. The maximum atomic E-state index is 12.4. The van der Waals surface area contributed by atoms with Gasteiger partial charge in [0.1, 0.15) is 10.7 Å². The van der Waals surface area contributed by atoms with Crippen LogP contribution in [0.15, 0.2) is 24.5 Å². The summed E-state index contributed by atoms with van der Waals surface area (Å²) in [7, 11) is 0. The number of nitrogens with zero attached hydrogens (tertiary/aromatic N) is 3. The van der Waals surface area contributed by atoms with Crippen LogP contribution in [0.1, 0.15) is 26.8 Å². The molecule has 3 aromatic rings. The number of anilines is 1. The van der Waals surface area contributed by atoms with Gasteiger partial charge in [0.05, 0.1) is 4.88 Å². The van der Waals surface area contributed by atoms with Gasteiger partial charge in [-0.15, -0.1) is 11.3 Å². The Balaban J connectivity index is 2.03. The zero-order chi connectivity index (χ0) is 15.0. The van der Waals surface area contributed by atoms with E-state index in [9.17, 15) is 4.79 Å². The summed E-state index contributed by atoms with van der Waals surface area (Å²) in [5, 5.41) is 3.85. The van der Waals surface area contributed by atoms with Crippen LogP contribution >= 0.6 is 11.3 Å². The normalized spacial score (nSPS) is 10.8. The van der Waals surface area contributed by atoms with Gasteiger partial charge in [0.25, 0.3) is 5.91 Å². The number of aryl methyl sites for hydroxylation is 3. The molecule has 0 atom stereocenters. The molecule has 106 valence electrons. The van der Waals surface area contributed by atoms with Crippen molar-refractivity contribution < 1.29 is 4.79 Å². The lowest BCUT2D eigenvalue weighted by Crippen LogP contribution is -2.11. The second-order valence-corrected chi connectivity index (χ2v) is 5.78. The highest BCUT2D eigenvalue weighted by molar-refractivity contribution is 7.20. The standard InChI is InChI=1S/C15H14N4OS/c1-8-12-9(2)17-10(3)18-15(12)21-13(8)14(20)19-11-4-6-16-7-5-11/h4-7H,1-3H3,(H,16,19,20). The van der Waals surface area contributed by atoms with Crippen LogP contribution in [-0.2, 0) is 0 Å². The maximum absolute atomic E-state index is 12.4. The first-order valence-corrected chi connectivity index (χ1v) is 7.33. The first-order chi connectivity index (χ1) is 10.1. The highest BCUT2D eigenvalue weighted by atomic mass is 32.1. The van der Waals surface area contributed by atoms with Gasteiger partial charge >= 0.3 is 0 Å². The fraction of sp³-hybridized carbons (Fsp3) is 0.200. The highest BCUT2D eigenvalue weighted by Crippen LogP contribution is 2.31. The molecule has 0 radical (unpaired) electrons. The summed E-state index contributed by atoms with van der Waals surface area (Å²) >= 11 is 1.40. The third-order valence-corrected chi connectivity index (χ3v) is 4.41. The number of aromatic nitrogens is 3. The van der Waals surface area contributed by atoms with Crippen LogP contribution in [0.25, 0.3) is 10.2 Å². The van der Waals surface area contributed by atoms with Crippen LogP contribution < -0.4 is 5.32 Å². The molecule has 0 unspecified atom stereocenters. The third kappa shape index (κ3) is 2.50. The molecule has 0 saturated heterocycles. The number of amides is 1. The van der Waals surface area contributed by atoms with E-state index in [1.807, 2.05) is 20.8 Å². The Morgan fingerprint density at radius 3 is 2.57 bits per heavy atom. The Morgan fingerprint density at radius 2 is 1.86 bits per heavy atom. The Labute approximate surface area is 126 Å². The molecule has 0 aliphatic rings. The Bertz CT molecular complexity index is 827. The lowest BCUT2D eigenvalue weighted by molar-refractivity contribution is 0.103. The maximum Gasteiger partial charge on any atom is 0.266 e. The first kappa shape index (κ1) is 13.6. The van der Waals surface area contributed by atoms with Crippen molar-refractivity contribution in [3.8, 4) is 0 Å². The summed E-state index contributed by atoms with van der Waals surface area (Å²) in [6.45, 7) is 5.74. The molecule has 1 N–H and O–H groups in total. The number of hydrogen-bond acceptors (Lipinski definition) is 5. The summed E-state index contributed by atoms with van der Waals surface area (Å²) in [6, 6.07) is 3.52. The smallest absolute Gasteiger partial charge is 0.266 e. The molecule has 0 aliphatic carbocycles. The minimum absolute atomic E-state index is 0.126. The summed E-state index contributed by atoms with van der Waals surface area (Å²) in [5.41, 5.74) is 2.57. The molecule has 0 fully saturated rings. The van der Waals surface area contributed by atoms with E-state index in [1.165, 1.54) is 11.3 Å². The molecule has 0 aromatic carbocycles. The third-order valence-electron chi connectivity index (χ3n) is 3.23. The van der Waals surface area contributed by atoms with Gasteiger partial charge in [-0.1, -0.05) is 0 Å². The predicted molar refractivity (Wildman–Crippen MR) is 83.8 cm³/mol. The van der Waals surface area contributed by atoms with Crippen LogP contribution in [0.3, 0.4) is 0 Å². The van der Waals surface area contributed by atoms with Gasteiger partial charge in [0, 0.05) is 29.2 Å². The van der Waals surface area contributed by atoms with Crippen LogP contribution in [0.2, 0.25) is 0 Å². The van der Waals surface area contributed by atoms with Crippen molar-refractivity contribution in [3.05, 3.63) is 46.5 Å². The second kappa shape index (κ2) is 5.21. The lowest BCUT2D eigenvalue weighted by atomic mass is 10.1. The fourth-order valence-electron chi connectivity index (χ4n) is 2.31. The topological polar surface area (TPSA) is 67.8 Å². The van der Waals surface area contributed by atoms with Gasteiger partial charge in [-0.05, 0) is 38.5 Å². The molecular weight excluding hydrogens is 284 g/mol. The summed E-state index contributed by atoms with van der Waals surface area (Å²) in [6.07, 6.45) is 3.29. The summed E-state index contributed by atoms with van der Waals surface area (Å²) < 4.78 is 0. The molecule has 21 heavy (non-hydrogen) atoms. The van der Waals surface area contributed by atoms with Crippen molar-refractivity contribution in [1.82, 2.24) is 15.0 Å². The van der Waals surface area contributed by atoms with Gasteiger partial charge in [-0.3, -0.25) is 9.78 Å². The lowest BCUT2D eigenvalue weighted by Gasteiger charge is -2.03. The number of fused-ring (bicyclic) bond motifs is 1. The monoisotopic (exact) mass is 298 g/mol. The van der Waals surface area contributed by atoms with E-state index in [4.69, 9.17) is 0 Å². The van der Waals surface area contributed by atoms with Crippen molar-refractivity contribution in [2.24, 2.45) is 0 Å². The molecule has 3 heterocycles. The zero-order valence-corrected chi connectivity index (χ0v) is 12.8. The van der Waals surface area contributed by atoms with Crippen molar-refractivity contribution in [1.29, 1.82) is 0 Å². The first-order valence-electron chi connectivity index (χ1n) is 6.52. The number of carbonyl (C=O) groups excluding carboxylic acids is 1. The average Bonchev–Trinajstić information content (AvgIpc) is 2.77. The van der Waals surface area contributed by atoms with Gasteiger partial charge in [-0.2, -0.15) is 0 Å². The van der Waals surface area contributed by atoms with Crippen molar-refractivity contribution in [2.75, 3.05) is 5.32 Å². The minimum atomic E-state index is -0.126. The van der Waals surface area contributed by atoms with E-state index in [0.717, 1.165) is 33.0 Å². The largest absolute Gasteiger partial charge is 0.321 e. The number of thiophene rings is 1. The van der Waals surface area contributed by atoms with E-state index >= 15 is 0 Å². The number of nitrogens with one attached hydrogen (secondary N) is 1. The molecule has 0 saturated carbocycles. The van der Waals surface area contributed by atoms with Gasteiger partial charge < -0.3 is 5.32 Å². The molecular formula is C15H14N4OS. The van der Waals surface area contributed by atoms with Crippen molar-refractivity contribution in [2.45, 2.75) is 20.8 Å². The molecule has 3 rings (SSSR count). The quantitative estimate of drug-likeness (QED) is 0.788. The van der Waals surface area contributed by atoms with Crippen LogP contribution in [0.4, 0.5) is 5.69 Å². The molecule has 3 aromatic heterocycles. The van der Waals surface area contributed by atoms with Gasteiger partial charge in [0.2, 0.25) is 0 Å². The van der Waals surface area contributed by atoms with E-state index in [1.54, 1.807) is 24.5 Å². The Kier molecular flexibility index (Phi) is 3.39. The minimum Gasteiger partial charge on any atom is -0.321 e. The van der Waals surface area contributed by atoms with Crippen molar-refractivity contribution >= 4 is 33.1 Å². The molecule has 0 aliphatic heterocycles. The molecule has 6 heteroatoms. The Hall–Kier alpha value is -2.34. The van der Waals surface area contributed by atoms with Gasteiger partial charge in [0.15, 0.2) is 0 Å². The zero-order valence-electron chi connectivity index (χ0n) is 12.0. The predicted octanol–water partition coefficient (Wildman–Crippen LogP) is 3.26. The molecule has 0 spiro atoms.